The van der Waals surface area contributed by atoms with E-state index in [0.717, 1.165) is 77.5 Å². The molecule has 33 heavy (non-hydrogen) atoms. The van der Waals surface area contributed by atoms with Crippen LogP contribution < -0.4 is 21.3 Å². The molecule has 0 aromatic rings. The van der Waals surface area contributed by atoms with Gasteiger partial charge in [-0.1, -0.05) is 0 Å². The molecule has 193 valence electrons. The molecular weight excluding hydrogens is 527 g/mol. The van der Waals surface area contributed by atoms with Crippen molar-refractivity contribution in [3.63, 3.8) is 0 Å². The minimum atomic E-state index is -0.720. The van der Waals surface area contributed by atoms with Crippen LogP contribution in [0.3, 0.4) is 0 Å². The molecule has 0 saturated carbocycles. The minimum absolute atomic E-state index is 0. The Morgan fingerprint density at radius 3 is 0.697 bits per heavy atom. The fourth-order valence-electron chi connectivity index (χ4n) is 3.58. The maximum atomic E-state index is 10.1. The van der Waals surface area contributed by atoms with E-state index in [0.29, 0.717) is 0 Å². The molecule has 4 rings (SSSR count). The predicted octanol–water partition coefficient (Wildman–Crippen LogP) is -0.710. The molecule has 4 atom stereocenters. The van der Waals surface area contributed by atoms with Crippen molar-refractivity contribution in [2.24, 2.45) is 0 Å². The number of carboxylic acids is 4. The second-order valence-corrected chi connectivity index (χ2v) is 7.95. The zero-order valence-electron chi connectivity index (χ0n) is 18.5. The van der Waals surface area contributed by atoms with Crippen molar-refractivity contribution in [3.05, 3.63) is 0 Å². The number of carboxylic acid groups (broad SMARTS) is 4. The third-order valence-electron chi connectivity index (χ3n) is 5.43. The van der Waals surface area contributed by atoms with Crippen LogP contribution in [0.1, 0.15) is 51.4 Å². The fourth-order valence-corrected chi connectivity index (χ4v) is 3.58. The Bertz CT molecular complexity index is 497. The summed E-state index contributed by atoms with van der Waals surface area (Å²) in [6, 6.07) is -1.07. The SMILES string of the molecule is O=C(O)[C@@H]1CCCN1.O=C(O)[C@@H]1CCCN1.O=C(O)[C@@H]1CCCN1.O=C(O)[C@@H]1CCCN1.[Rh]. The average Bonchev–Trinajstić information content (AvgIpc) is 3.56. The molecular formula is C20H36N4O8Rh. The van der Waals surface area contributed by atoms with Gasteiger partial charge in [0, 0.05) is 19.5 Å². The third kappa shape index (κ3) is 13.6. The average molecular weight is 563 g/mol. The monoisotopic (exact) mass is 563 g/mol. The van der Waals surface area contributed by atoms with E-state index in [-0.39, 0.29) is 43.6 Å². The summed E-state index contributed by atoms with van der Waals surface area (Å²) in [6.45, 7) is 3.43. The van der Waals surface area contributed by atoms with Crippen LogP contribution >= 0.6 is 0 Å². The van der Waals surface area contributed by atoms with Crippen LogP contribution in [0, 0.1) is 0 Å². The summed E-state index contributed by atoms with van der Waals surface area (Å²) in [5.41, 5.74) is 0. The van der Waals surface area contributed by atoms with E-state index in [1.54, 1.807) is 0 Å². The topological polar surface area (TPSA) is 197 Å². The molecule has 0 aromatic carbocycles. The Kier molecular flexibility index (Phi) is 16.9. The van der Waals surface area contributed by atoms with Gasteiger partial charge in [0.1, 0.15) is 24.2 Å². The zero-order valence-corrected chi connectivity index (χ0v) is 20.2. The molecule has 0 amide bonds. The summed E-state index contributed by atoms with van der Waals surface area (Å²) in [4.78, 5) is 40.6. The van der Waals surface area contributed by atoms with Gasteiger partial charge in [-0.05, 0) is 77.5 Å². The van der Waals surface area contributed by atoms with Gasteiger partial charge < -0.3 is 41.7 Å². The Hall–Kier alpha value is -1.66. The minimum Gasteiger partial charge on any atom is -0.480 e. The summed E-state index contributed by atoms with van der Waals surface area (Å²) in [7, 11) is 0. The summed E-state index contributed by atoms with van der Waals surface area (Å²) in [6.07, 6.45) is 7.14. The first-order chi connectivity index (χ1) is 15.2. The van der Waals surface area contributed by atoms with Crippen molar-refractivity contribution >= 4 is 23.9 Å². The Balaban J connectivity index is 0.000000410. The van der Waals surface area contributed by atoms with Crippen molar-refractivity contribution in [2.45, 2.75) is 75.5 Å². The molecule has 4 fully saturated rings. The normalized spacial score (nSPS) is 27.4. The standard InChI is InChI=1S/4C5H9NO2.Rh/c4*7-5(8)4-2-1-3-6-4;/h4*4,6H,1-3H2,(H,7,8);/t4*4-;/m0000./s1. The molecule has 8 N–H and O–H groups in total. The first-order valence-corrected chi connectivity index (χ1v) is 11.1. The predicted molar refractivity (Wildman–Crippen MR) is 115 cm³/mol. The number of nitrogens with one attached hydrogen (secondary N) is 4. The largest absolute Gasteiger partial charge is 0.480 e. The zero-order chi connectivity index (χ0) is 23.9. The van der Waals surface area contributed by atoms with E-state index in [2.05, 4.69) is 21.3 Å². The van der Waals surface area contributed by atoms with Gasteiger partial charge in [0.25, 0.3) is 0 Å². The molecule has 1 radical (unpaired) electrons. The third-order valence-corrected chi connectivity index (χ3v) is 5.43. The van der Waals surface area contributed by atoms with Gasteiger partial charge in [-0.25, -0.2) is 0 Å². The second-order valence-electron chi connectivity index (χ2n) is 7.95. The van der Waals surface area contributed by atoms with Crippen molar-refractivity contribution in [3.8, 4) is 0 Å². The van der Waals surface area contributed by atoms with Crippen LogP contribution in [0.5, 0.6) is 0 Å². The van der Waals surface area contributed by atoms with Gasteiger partial charge in [0.2, 0.25) is 0 Å². The molecule has 4 aliphatic rings. The summed E-state index contributed by atoms with van der Waals surface area (Å²) in [5.74, 6) is -2.88. The molecule has 0 spiro atoms. The van der Waals surface area contributed by atoms with Crippen molar-refractivity contribution < 1.29 is 59.1 Å². The molecule has 4 heterocycles. The van der Waals surface area contributed by atoms with Gasteiger partial charge in [0.05, 0.1) is 0 Å². The molecule has 0 aliphatic carbocycles. The maximum absolute atomic E-state index is 10.1. The van der Waals surface area contributed by atoms with Gasteiger partial charge in [-0.15, -0.1) is 0 Å². The van der Waals surface area contributed by atoms with E-state index >= 15 is 0 Å². The van der Waals surface area contributed by atoms with E-state index < -0.39 is 23.9 Å². The Morgan fingerprint density at radius 2 is 0.636 bits per heavy atom. The van der Waals surface area contributed by atoms with Crippen LogP contribution in [-0.4, -0.2) is 94.6 Å². The fraction of sp³-hybridized carbons (Fsp3) is 0.800. The van der Waals surface area contributed by atoms with Crippen LogP contribution in [0.15, 0.2) is 0 Å². The van der Waals surface area contributed by atoms with E-state index in [9.17, 15) is 19.2 Å². The van der Waals surface area contributed by atoms with E-state index in [1.807, 2.05) is 0 Å². The molecule has 0 aromatic heterocycles. The van der Waals surface area contributed by atoms with Crippen LogP contribution in [0.25, 0.3) is 0 Å². The molecule has 13 heteroatoms. The molecule has 4 saturated heterocycles. The first kappa shape index (κ1) is 31.3. The quantitative estimate of drug-likeness (QED) is 0.200. The van der Waals surface area contributed by atoms with Crippen molar-refractivity contribution in [2.75, 3.05) is 26.2 Å². The van der Waals surface area contributed by atoms with E-state index in [1.165, 1.54) is 0 Å². The van der Waals surface area contributed by atoms with Crippen LogP contribution in [0.4, 0.5) is 0 Å². The van der Waals surface area contributed by atoms with Crippen LogP contribution in [0.2, 0.25) is 0 Å². The summed E-state index contributed by atoms with van der Waals surface area (Å²) in [5, 5.41) is 44.8. The number of hydrogen-bond acceptors (Lipinski definition) is 8. The van der Waals surface area contributed by atoms with Crippen molar-refractivity contribution in [1.29, 1.82) is 0 Å². The maximum Gasteiger partial charge on any atom is 0.320 e. The van der Waals surface area contributed by atoms with Gasteiger partial charge >= 0.3 is 23.9 Å². The number of aliphatic carboxylic acids is 4. The number of rotatable bonds is 4. The summed E-state index contributed by atoms with van der Waals surface area (Å²) >= 11 is 0. The van der Waals surface area contributed by atoms with E-state index in [4.69, 9.17) is 20.4 Å². The molecule has 12 nitrogen and oxygen atoms in total. The Morgan fingerprint density at radius 1 is 0.455 bits per heavy atom. The van der Waals surface area contributed by atoms with Gasteiger partial charge in [-0.2, -0.15) is 0 Å². The van der Waals surface area contributed by atoms with Gasteiger partial charge in [0.15, 0.2) is 0 Å². The second kappa shape index (κ2) is 17.8. The van der Waals surface area contributed by atoms with Crippen molar-refractivity contribution in [1.82, 2.24) is 21.3 Å². The van der Waals surface area contributed by atoms with Gasteiger partial charge in [-0.3, -0.25) is 19.2 Å². The molecule has 0 unspecified atom stereocenters. The first-order valence-electron chi connectivity index (χ1n) is 11.1. The molecule has 4 aliphatic heterocycles. The molecule has 0 bridgehead atoms. The Labute approximate surface area is 206 Å². The summed E-state index contributed by atoms with van der Waals surface area (Å²) < 4.78 is 0. The smallest absolute Gasteiger partial charge is 0.320 e. The van der Waals surface area contributed by atoms with Crippen LogP contribution in [-0.2, 0) is 38.7 Å². The number of hydrogen-bond donors (Lipinski definition) is 8. The number of carbonyl (C=O) groups is 4.